The second-order valence-electron chi connectivity index (χ2n) is 4.25. The summed E-state index contributed by atoms with van der Waals surface area (Å²) in [5, 5.41) is 14.0. The molecule has 0 spiro atoms. The molecule has 1 aliphatic heterocycles. The van der Waals surface area contributed by atoms with Crippen molar-refractivity contribution in [3.8, 4) is 5.75 Å². The van der Waals surface area contributed by atoms with Gasteiger partial charge in [-0.2, -0.15) is 0 Å². The second-order valence-corrected chi connectivity index (χ2v) is 4.66. The van der Waals surface area contributed by atoms with Crippen molar-refractivity contribution in [3.63, 3.8) is 0 Å². The maximum absolute atomic E-state index is 9.89. The van der Waals surface area contributed by atoms with Crippen LogP contribution in [0.5, 0.6) is 5.75 Å². The van der Waals surface area contributed by atoms with E-state index in [2.05, 4.69) is 5.32 Å². The van der Waals surface area contributed by atoms with E-state index in [1.165, 1.54) is 0 Å². The number of halogens is 1. The summed E-state index contributed by atoms with van der Waals surface area (Å²) in [5.41, 5.74) is 2.91. The molecule has 1 aromatic rings. The molecular formula is C12H16ClNO. The van der Waals surface area contributed by atoms with Crippen molar-refractivity contribution in [1.82, 2.24) is 5.32 Å². The highest BCUT2D eigenvalue weighted by Crippen LogP contribution is 2.37. The zero-order valence-corrected chi connectivity index (χ0v) is 9.86. The van der Waals surface area contributed by atoms with E-state index in [0.29, 0.717) is 11.7 Å². The van der Waals surface area contributed by atoms with Crippen molar-refractivity contribution in [3.05, 3.63) is 27.8 Å². The minimum absolute atomic E-state index is 0.390. The molecule has 1 aromatic carbocycles. The van der Waals surface area contributed by atoms with Gasteiger partial charge in [-0.3, -0.25) is 0 Å². The third-order valence-electron chi connectivity index (χ3n) is 3.20. The lowest BCUT2D eigenvalue weighted by Crippen LogP contribution is -2.09. The number of phenols is 1. The Hall–Kier alpha value is -0.730. The van der Waals surface area contributed by atoms with Crippen molar-refractivity contribution < 1.29 is 5.11 Å². The first-order chi connectivity index (χ1) is 7.11. The molecule has 1 saturated heterocycles. The molecule has 2 N–H and O–H groups in total. The summed E-state index contributed by atoms with van der Waals surface area (Å²) in [6.45, 7) is 5.82. The van der Waals surface area contributed by atoms with Crippen LogP contribution in [0.2, 0.25) is 5.02 Å². The molecule has 2 rings (SSSR count). The average Bonchev–Trinajstić information content (AvgIpc) is 2.68. The fraction of sp³-hybridized carbons (Fsp3) is 0.500. The fourth-order valence-corrected chi connectivity index (χ4v) is 2.80. The van der Waals surface area contributed by atoms with E-state index < -0.39 is 0 Å². The van der Waals surface area contributed by atoms with Crippen molar-refractivity contribution in [2.24, 2.45) is 0 Å². The fourth-order valence-electron chi connectivity index (χ4n) is 2.34. The van der Waals surface area contributed by atoms with Gasteiger partial charge in [0.05, 0.1) is 0 Å². The highest BCUT2D eigenvalue weighted by Gasteiger charge is 2.23. The van der Waals surface area contributed by atoms with E-state index in [1.807, 2.05) is 19.9 Å². The molecule has 0 aliphatic carbocycles. The SMILES string of the molecule is Cc1cc(Cl)c(C2CCNC2)c(C)c1O. The number of benzene rings is 1. The Morgan fingerprint density at radius 2 is 2.20 bits per heavy atom. The van der Waals surface area contributed by atoms with Crippen LogP contribution >= 0.6 is 11.6 Å². The number of hydrogen-bond donors (Lipinski definition) is 2. The van der Waals surface area contributed by atoms with Gasteiger partial charge in [-0.15, -0.1) is 0 Å². The lowest BCUT2D eigenvalue weighted by atomic mass is 9.92. The quantitative estimate of drug-likeness (QED) is 0.771. The molecule has 15 heavy (non-hydrogen) atoms. The van der Waals surface area contributed by atoms with Crippen molar-refractivity contribution in [1.29, 1.82) is 0 Å². The van der Waals surface area contributed by atoms with Crippen molar-refractivity contribution in [2.75, 3.05) is 13.1 Å². The van der Waals surface area contributed by atoms with Gasteiger partial charge < -0.3 is 10.4 Å². The van der Waals surface area contributed by atoms with Crippen LogP contribution < -0.4 is 5.32 Å². The number of hydrogen-bond acceptors (Lipinski definition) is 2. The first-order valence-electron chi connectivity index (χ1n) is 5.30. The van der Waals surface area contributed by atoms with E-state index in [0.717, 1.165) is 41.2 Å². The van der Waals surface area contributed by atoms with E-state index in [4.69, 9.17) is 11.6 Å². The maximum atomic E-state index is 9.89. The Bertz CT molecular complexity index is 384. The van der Waals surface area contributed by atoms with E-state index in [-0.39, 0.29) is 0 Å². The molecule has 2 nitrogen and oxygen atoms in total. The number of phenolic OH excluding ortho intramolecular Hbond substituents is 1. The Labute approximate surface area is 95.3 Å². The van der Waals surface area contributed by atoms with Crippen LogP contribution in [0.3, 0.4) is 0 Å². The molecule has 0 bridgehead atoms. The summed E-state index contributed by atoms with van der Waals surface area (Å²) < 4.78 is 0. The van der Waals surface area contributed by atoms with Gasteiger partial charge in [0.2, 0.25) is 0 Å². The normalized spacial score (nSPS) is 20.9. The molecule has 1 aliphatic rings. The number of aromatic hydroxyl groups is 1. The van der Waals surface area contributed by atoms with Gasteiger partial charge in [0.25, 0.3) is 0 Å². The third kappa shape index (κ3) is 1.84. The molecule has 3 heteroatoms. The van der Waals surface area contributed by atoms with Gasteiger partial charge in [0.15, 0.2) is 0 Å². The largest absolute Gasteiger partial charge is 0.507 e. The second kappa shape index (κ2) is 4.03. The van der Waals surface area contributed by atoms with Gasteiger partial charge in [0, 0.05) is 11.6 Å². The molecule has 1 fully saturated rings. The molecule has 0 aromatic heterocycles. The van der Waals surface area contributed by atoms with Crippen LogP contribution in [0.1, 0.15) is 29.0 Å². The summed E-state index contributed by atoms with van der Waals surface area (Å²) >= 11 is 6.25. The molecule has 0 saturated carbocycles. The zero-order valence-electron chi connectivity index (χ0n) is 9.10. The van der Waals surface area contributed by atoms with Gasteiger partial charge in [-0.25, -0.2) is 0 Å². The summed E-state index contributed by atoms with van der Waals surface area (Å²) in [7, 11) is 0. The van der Waals surface area contributed by atoms with Crippen LogP contribution in [0.25, 0.3) is 0 Å². The van der Waals surface area contributed by atoms with Gasteiger partial charge in [0.1, 0.15) is 5.75 Å². The molecule has 1 unspecified atom stereocenters. The minimum Gasteiger partial charge on any atom is -0.507 e. The number of nitrogens with one attached hydrogen (secondary N) is 1. The summed E-state index contributed by atoms with van der Waals surface area (Å²) in [6.07, 6.45) is 1.10. The highest BCUT2D eigenvalue weighted by atomic mass is 35.5. The smallest absolute Gasteiger partial charge is 0.121 e. The van der Waals surface area contributed by atoms with Crippen molar-refractivity contribution >= 4 is 11.6 Å². The minimum atomic E-state index is 0.390. The lowest BCUT2D eigenvalue weighted by Gasteiger charge is -2.17. The molecule has 1 atom stereocenters. The molecule has 0 amide bonds. The average molecular weight is 226 g/mol. The topological polar surface area (TPSA) is 32.3 Å². The van der Waals surface area contributed by atoms with E-state index in [9.17, 15) is 5.11 Å². The predicted molar refractivity (Wildman–Crippen MR) is 62.8 cm³/mol. The molecule has 1 heterocycles. The zero-order chi connectivity index (χ0) is 11.0. The monoisotopic (exact) mass is 225 g/mol. The first kappa shape index (κ1) is 10.8. The Balaban J connectivity index is 2.50. The highest BCUT2D eigenvalue weighted by molar-refractivity contribution is 6.31. The summed E-state index contributed by atoms with van der Waals surface area (Å²) in [6, 6.07) is 1.86. The van der Waals surface area contributed by atoms with Gasteiger partial charge in [-0.1, -0.05) is 11.6 Å². The molecule has 0 radical (unpaired) electrons. The lowest BCUT2D eigenvalue weighted by molar-refractivity contribution is 0.465. The van der Waals surface area contributed by atoms with E-state index in [1.54, 1.807) is 0 Å². The molecular weight excluding hydrogens is 210 g/mol. The Morgan fingerprint density at radius 1 is 1.47 bits per heavy atom. The number of rotatable bonds is 1. The van der Waals surface area contributed by atoms with Crippen LogP contribution in [0, 0.1) is 13.8 Å². The predicted octanol–water partition coefficient (Wildman–Crippen LogP) is 2.74. The van der Waals surface area contributed by atoms with Crippen LogP contribution in [-0.4, -0.2) is 18.2 Å². The van der Waals surface area contributed by atoms with E-state index >= 15 is 0 Å². The van der Waals surface area contributed by atoms with Crippen molar-refractivity contribution in [2.45, 2.75) is 26.2 Å². The summed E-state index contributed by atoms with van der Waals surface area (Å²) in [5.74, 6) is 0.838. The van der Waals surface area contributed by atoms with Crippen LogP contribution in [0.15, 0.2) is 6.07 Å². The third-order valence-corrected chi connectivity index (χ3v) is 3.51. The van der Waals surface area contributed by atoms with Gasteiger partial charge >= 0.3 is 0 Å². The maximum Gasteiger partial charge on any atom is 0.121 e. The standard InChI is InChI=1S/C12H16ClNO/c1-7-5-10(13)11(8(2)12(7)15)9-3-4-14-6-9/h5,9,14-15H,3-4,6H2,1-2H3. The molecule has 82 valence electrons. The Kier molecular flexibility index (Phi) is 2.89. The van der Waals surface area contributed by atoms with Gasteiger partial charge in [-0.05, 0) is 55.5 Å². The number of aryl methyl sites for hydroxylation is 1. The van der Waals surface area contributed by atoms with Crippen LogP contribution in [-0.2, 0) is 0 Å². The Morgan fingerprint density at radius 3 is 2.80 bits per heavy atom. The van der Waals surface area contributed by atoms with Crippen LogP contribution in [0.4, 0.5) is 0 Å². The summed E-state index contributed by atoms with van der Waals surface area (Å²) in [4.78, 5) is 0. The first-order valence-corrected chi connectivity index (χ1v) is 5.68.